The molecule has 5 aromatic rings. The van der Waals surface area contributed by atoms with Crippen molar-refractivity contribution >= 4 is 55.1 Å². The van der Waals surface area contributed by atoms with Crippen LogP contribution in [-0.2, 0) is 16.6 Å². The predicted molar refractivity (Wildman–Crippen MR) is 174 cm³/mol. The number of benzene rings is 1. The number of aromatic amines is 1. The Labute approximate surface area is 255 Å². The van der Waals surface area contributed by atoms with Crippen LogP contribution in [0.2, 0.25) is 0 Å². The third-order valence-electron chi connectivity index (χ3n) is 7.80. The van der Waals surface area contributed by atoms with Crippen LogP contribution in [0.3, 0.4) is 0 Å². The van der Waals surface area contributed by atoms with Crippen molar-refractivity contribution in [3.05, 3.63) is 76.7 Å². The zero-order valence-corrected chi connectivity index (χ0v) is 25.3. The molecule has 220 valence electrons. The fourth-order valence-electron chi connectivity index (χ4n) is 5.41. The van der Waals surface area contributed by atoms with Crippen molar-refractivity contribution in [2.45, 2.75) is 37.9 Å². The van der Waals surface area contributed by atoms with Gasteiger partial charge in [0.1, 0.15) is 15.0 Å². The molecular weight excluding hydrogens is 585 g/mol. The smallest absolute Gasteiger partial charge is 0.273 e. The highest BCUT2D eigenvalue weighted by molar-refractivity contribution is 7.94. The molecule has 8 nitrogen and oxygen atoms in total. The summed E-state index contributed by atoms with van der Waals surface area (Å²) < 4.78 is 29.4. The number of hydrogen-bond donors (Lipinski definition) is 1. The lowest BCUT2D eigenvalue weighted by Gasteiger charge is -2.35. The summed E-state index contributed by atoms with van der Waals surface area (Å²) in [6, 6.07) is 17.7. The molecule has 1 aliphatic heterocycles. The van der Waals surface area contributed by atoms with E-state index in [0.717, 1.165) is 78.7 Å². The number of fused-ring (bicyclic) bond motifs is 1. The number of nitrogens with zero attached hydrogens (tertiary/aromatic N) is 5. The van der Waals surface area contributed by atoms with Crippen molar-refractivity contribution in [3.63, 3.8) is 0 Å². The summed E-state index contributed by atoms with van der Waals surface area (Å²) in [5.41, 5.74) is 3.50. The number of sulfonamides is 1. The first-order valence-corrected chi connectivity index (χ1v) is 17.1. The average Bonchev–Trinajstić information content (AvgIpc) is 3.36. The fourth-order valence-corrected chi connectivity index (χ4v) is 8.99. The maximum absolute atomic E-state index is 13.7. The van der Waals surface area contributed by atoms with Crippen LogP contribution in [0.1, 0.15) is 30.8 Å². The summed E-state index contributed by atoms with van der Waals surface area (Å²) in [6.45, 7) is 7.28. The lowest BCUT2D eigenvalue weighted by atomic mass is 10.2. The molecule has 42 heavy (non-hydrogen) atoms. The van der Waals surface area contributed by atoms with Gasteiger partial charge in [-0.05, 0) is 61.4 Å². The molecule has 0 spiro atoms. The minimum absolute atomic E-state index is 0. The van der Waals surface area contributed by atoms with Crippen molar-refractivity contribution in [1.29, 1.82) is 0 Å². The summed E-state index contributed by atoms with van der Waals surface area (Å²) >= 11 is 2.96. The third-order valence-corrected chi connectivity index (χ3v) is 12.0. The number of piperazine rings is 1. The Morgan fingerprint density at radius 2 is 1.86 bits per heavy atom. The largest absolute Gasteiger partial charge is 0.354 e. The first-order chi connectivity index (χ1) is 19.9. The highest BCUT2D eigenvalue weighted by Gasteiger charge is 2.33. The molecule has 4 aromatic heterocycles. The molecule has 2 fully saturated rings. The van der Waals surface area contributed by atoms with E-state index < -0.39 is 10.0 Å². The van der Waals surface area contributed by atoms with E-state index in [4.69, 9.17) is 4.98 Å². The van der Waals surface area contributed by atoms with Crippen molar-refractivity contribution in [3.8, 4) is 10.7 Å². The normalized spacial score (nSPS) is 16.1. The van der Waals surface area contributed by atoms with E-state index >= 15 is 0 Å². The lowest BCUT2D eigenvalue weighted by Crippen LogP contribution is -2.46. The van der Waals surface area contributed by atoms with Crippen molar-refractivity contribution in [2.24, 2.45) is 5.92 Å². The van der Waals surface area contributed by atoms with Gasteiger partial charge in [-0.3, -0.25) is 9.21 Å². The summed E-state index contributed by atoms with van der Waals surface area (Å²) in [5.74, 6) is 1.47. The number of hydrogen-bond acceptors (Lipinski definition) is 8. The van der Waals surface area contributed by atoms with E-state index in [9.17, 15) is 8.42 Å². The Morgan fingerprint density at radius 3 is 2.60 bits per heavy atom. The van der Waals surface area contributed by atoms with Gasteiger partial charge < -0.3 is 9.88 Å². The second kappa shape index (κ2) is 11.8. The molecule has 0 atom stereocenters. The first kappa shape index (κ1) is 28.9. The maximum Gasteiger partial charge on any atom is 0.273 e. The predicted octanol–water partition coefficient (Wildman–Crippen LogP) is 6.62. The molecule has 7 rings (SSSR count). The van der Waals surface area contributed by atoms with Crippen molar-refractivity contribution in [2.75, 3.05) is 41.9 Å². The Bertz CT molecular complexity index is 1770. The van der Waals surface area contributed by atoms with Gasteiger partial charge in [-0.2, -0.15) is 0 Å². The van der Waals surface area contributed by atoms with E-state index in [1.54, 1.807) is 27.8 Å². The molecule has 0 bridgehead atoms. The summed E-state index contributed by atoms with van der Waals surface area (Å²) in [7, 11) is -3.64. The fraction of sp³-hybridized carbons (Fsp3) is 0.355. The van der Waals surface area contributed by atoms with Crippen LogP contribution in [0.4, 0.5) is 11.5 Å². The van der Waals surface area contributed by atoms with Gasteiger partial charge in [-0.15, -0.1) is 22.7 Å². The molecular formula is C31H36N6O2S3. The molecule has 1 N–H and O–H groups in total. The Kier molecular flexibility index (Phi) is 8.10. The Morgan fingerprint density at radius 1 is 1.05 bits per heavy atom. The SMILES string of the molecule is C.Cc1cccc(N2CCN(Cc3cnc(-c4cc5cccc(N(CC6CC6)S(=O)(=O)c6cccs6)c5[nH]4)s3)CC2)n1. The average molecular weight is 621 g/mol. The highest BCUT2D eigenvalue weighted by Crippen LogP contribution is 2.39. The highest BCUT2D eigenvalue weighted by atomic mass is 32.2. The Hall–Kier alpha value is -3.25. The molecule has 0 unspecified atom stereocenters. The summed E-state index contributed by atoms with van der Waals surface area (Å²) in [4.78, 5) is 19.0. The molecule has 1 saturated heterocycles. The van der Waals surface area contributed by atoms with Crippen LogP contribution >= 0.6 is 22.7 Å². The number of thiophene rings is 1. The third kappa shape index (κ3) is 5.83. The molecule has 5 heterocycles. The van der Waals surface area contributed by atoms with Crippen LogP contribution < -0.4 is 9.21 Å². The number of para-hydroxylation sites is 1. The van der Waals surface area contributed by atoms with E-state index in [1.165, 1.54) is 16.2 Å². The minimum atomic E-state index is -3.64. The van der Waals surface area contributed by atoms with Crippen LogP contribution in [0.5, 0.6) is 0 Å². The van der Waals surface area contributed by atoms with Crippen molar-refractivity contribution < 1.29 is 8.42 Å². The molecule has 2 aliphatic rings. The standard InChI is InChI=1S/C30H32N6O2S3.CH4/c1-21-5-2-8-27(32-21)35-14-12-34(13-15-35)20-24-18-31-30(40-24)25-17-23-6-3-7-26(29(23)33-25)36(19-22-10-11-22)41(37,38)28-9-4-16-39-28;/h2-9,16-18,22,33H,10-15,19-20H2,1H3;1H4. The topological polar surface area (TPSA) is 85.4 Å². The van der Waals surface area contributed by atoms with Crippen molar-refractivity contribution in [1.82, 2.24) is 19.9 Å². The van der Waals surface area contributed by atoms with Gasteiger partial charge in [0.05, 0.1) is 16.9 Å². The molecule has 0 amide bonds. The van der Waals surface area contributed by atoms with Crippen LogP contribution in [-0.4, -0.2) is 61.0 Å². The molecule has 1 aliphatic carbocycles. The maximum atomic E-state index is 13.7. The van der Waals surface area contributed by atoms with Crippen LogP contribution in [0.15, 0.2) is 70.4 Å². The van der Waals surface area contributed by atoms with Gasteiger partial charge in [0.2, 0.25) is 0 Å². The second-order valence-corrected chi connectivity index (χ2v) is 15.0. The lowest BCUT2D eigenvalue weighted by molar-refractivity contribution is 0.251. The number of thiazole rings is 1. The van der Waals surface area contributed by atoms with E-state index in [-0.39, 0.29) is 7.43 Å². The summed E-state index contributed by atoms with van der Waals surface area (Å²) in [6.07, 6.45) is 4.12. The van der Waals surface area contributed by atoms with Crippen LogP contribution in [0.25, 0.3) is 21.6 Å². The van der Waals surface area contributed by atoms with E-state index in [1.807, 2.05) is 42.8 Å². The minimum Gasteiger partial charge on any atom is -0.354 e. The Balaban J connectivity index is 0.00000316. The van der Waals surface area contributed by atoms with Gasteiger partial charge in [0, 0.05) is 61.4 Å². The zero-order valence-electron chi connectivity index (χ0n) is 22.9. The quantitative estimate of drug-likeness (QED) is 0.199. The number of pyridine rings is 1. The number of aromatic nitrogens is 3. The van der Waals surface area contributed by atoms with Crippen LogP contribution in [0, 0.1) is 12.8 Å². The zero-order chi connectivity index (χ0) is 28.0. The van der Waals surface area contributed by atoms with Gasteiger partial charge in [-0.25, -0.2) is 18.4 Å². The van der Waals surface area contributed by atoms with Gasteiger partial charge in [-0.1, -0.05) is 31.7 Å². The number of aryl methyl sites for hydroxylation is 1. The number of anilines is 2. The number of H-pyrrole nitrogens is 1. The van der Waals surface area contributed by atoms with E-state index in [2.05, 4.69) is 38.0 Å². The number of nitrogens with one attached hydrogen (secondary N) is 1. The molecule has 1 aromatic carbocycles. The van der Waals surface area contributed by atoms with Gasteiger partial charge in [0.25, 0.3) is 10.0 Å². The number of rotatable bonds is 9. The molecule has 11 heteroatoms. The monoisotopic (exact) mass is 620 g/mol. The summed E-state index contributed by atoms with van der Waals surface area (Å²) in [5, 5.41) is 3.72. The van der Waals surface area contributed by atoms with Gasteiger partial charge in [0.15, 0.2) is 0 Å². The molecule has 0 radical (unpaired) electrons. The van der Waals surface area contributed by atoms with Gasteiger partial charge >= 0.3 is 0 Å². The second-order valence-electron chi connectivity index (χ2n) is 10.9. The first-order valence-electron chi connectivity index (χ1n) is 14.0. The van der Waals surface area contributed by atoms with E-state index in [0.29, 0.717) is 22.4 Å². The molecule has 1 saturated carbocycles.